The molecule has 1 fully saturated rings. The Hall–Kier alpha value is -3.22. The lowest BCUT2D eigenvalue weighted by Gasteiger charge is -2.31. The van der Waals surface area contributed by atoms with Gasteiger partial charge >= 0.3 is 6.09 Å². The molecule has 0 aliphatic carbocycles. The summed E-state index contributed by atoms with van der Waals surface area (Å²) in [6, 6.07) is 18.4. The Bertz CT molecular complexity index is 832. The third-order valence-electron chi connectivity index (χ3n) is 5.23. The second kappa shape index (κ2) is 11.8. The van der Waals surface area contributed by atoms with Gasteiger partial charge in [-0.1, -0.05) is 42.5 Å². The van der Waals surface area contributed by atoms with Crippen molar-refractivity contribution in [3.8, 4) is 5.75 Å². The molecule has 0 bridgehead atoms. The molecule has 7 nitrogen and oxygen atoms in total. The van der Waals surface area contributed by atoms with Crippen LogP contribution in [-0.2, 0) is 17.8 Å². The van der Waals surface area contributed by atoms with Crippen molar-refractivity contribution in [2.24, 2.45) is 10.7 Å². The summed E-state index contributed by atoms with van der Waals surface area (Å²) in [6.07, 6.45) is 2.24. The fourth-order valence-corrected chi connectivity index (χ4v) is 3.47. The van der Waals surface area contributed by atoms with Crippen LogP contribution >= 0.6 is 0 Å². The van der Waals surface area contributed by atoms with Crippen LogP contribution in [0.25, 0.3) is 0 Å². The molecule has 166 valence electrons. The summed E-state index contributed by atoms with van der Waals surface area (Å²) in [6.45, 7) is 4.73. The van der Waals surface area contributed by atoms with Gasteiger partial charge in [-0.05, 0) is 49.4 Å². The van der Waals surface area contributed by atoms with Crippen molar-refractivity contribution in [2.45, 2.75) is 38.8 Å². The first-order valence-corrected chi connectivity index (χ1v) is 10.9. The molecule has 0 spiro atoms. The molecule has 0 saturated carbocycles. The Kier molecular flexibility index (Phi) is 8.58. The first-order chi connectivity index (χ1) is 15.1. The van der Waals surface area contributed by atoms with E-state index >= 15 is 0 Å². The number of likely N-dealkylation sites (tertiary alicyclic amines) is 1. The molecule has 1 amide bonds. The molecule has 3 N–H and O–H groups in total. The molecule has 3 rings (SSSR count). The number of aliphatic imine (C=N–C) groups is 1. The molecule has 2 aromatic rings. The lowest BCUT2D eigenvalue weighted by atomic mass is 10.1. The minimum atomic E-state index is -0.237. The topological polar surface area (TPSA) is 89.2 Å². The van der Waals surface area contributed by atoms with Crippen molar-refractivity contribution in [1.29, 1.82) is 0 Å². The molecule has 1 aliphatic heterocycles. The maximum Gasteiger partial charge on any atom is 0.409 e. The van der Waals surface area contributed by atoms with Crippen molar-refractivity contribution in [3.05, 3.63) is 65.7 Å². The number of carbonyl (C=O) groups excluding carboxylic acids is 1. The van der Waals surface area contributed by atoms with Crippen LogP contribution in [0.15, 0.2) is 59.6 Å². The van der Waals surface area contributed by atoms with Crippen molar-refractivity contribution in [3.63, 3.8) is 0 Å². The summed E-state index contributed by atoms with van der Waals surface area (Å²) >= 11 is 0. The lowest BCUT2D eigenvalue weighted by Crippen LogP contribution is -2.48. The zero-order chi connectivity index (χ0) is 21.9. The van der Waals surface area contributed by atoms with Gasteiger partial charge in [-0.25, -0.2) is 4.79 Å². The number of hydrogen-bond donors (Lipinski definition) is 2. The third-order valence-corrected chi connectivity index (χ3v) is 5.23. The molecular formula is C24H32N4O3. The van der Waals surface area contributed by atoms with E-state index in [1.54, 1.807) is 4.90 Å². The van der Waals surface area contributed by atoms with Crippen LogP contribution in [0.3, 0.4) is 0 Å². The Morgan fingerprint density at radius 1 is 1.10 bits per heavy atom. The van der Waals surface area contributed by atoms with E-state index in [1.165, 1.54) is 5.56 Å². The minimum absolute atomic E-state index is 0.232. The molecule has 1 heterocycles. The van der Waals surface area contributed by atoms with Gasteiger partial charge in [0.25, 0.3) is 0 Å². The highest BCUT2D eigenvalue weighted by Gasteiger charge is 2.23. The van der Waals surface area contributed by atoms with E-state index in [2.05, 4.69) is 34.6 Å². The van der Waals surface area contributed by atoms with Gasteiger partial charge in [-0.15, -0.1) is 0 Å². The maximum atomic E-state index is 11.8. The number of benzene rings is 2. The highest BCUT2D eigenvalue weighted by molar-refractivity contribution is 5.78. The molecule has 0 aromatic heterocycles. The van der Waals surface area contributed by atoms with E-state index in [1.807, 2.05) is 37.3 Å². The van der Waals surface area contributed by atoms with Gasteiger partial charge in [0.05, 0.1) is 6.61 Å². The first kappa shape index (κ1) is 22.5. The third kappa shape index (κ3) is 7.51. The summed E-state index contributed by atoms with van der Waals surface area (Å²) in [5, 5.41) is 3.27. The molecule has 1 aliphatic rings. The number of ether oxygens (including phenoxy) is 2. The molecule has 2 aromatic carbocycles. The largest absolute Gasteiger partial charge is 0.489 e. The monoisotopic (exact) mass is 424 g/mol. The molecule has 1 saturated heterocycles. The zero-order valence-corrected chi connectivity index (χ0v) is 18.1. The highest BCUT2D eigenvalue weighted by atomic mass is 16.6. The van der Waals surface area contributed by atoms with Gasteiger partial charge in [0.2, 0.25) is 0 Å². The van der Waals surface area contributed by atoms with E-state index in [0.29, 0.717) is 38.8 Å². The number of nitrogens with one attached hydrogen (secondary N) is 1. The first-order valence-electron chi connectivity index (χ1n) is 10.9. The van der Waals surface area contributed by atoms with E-state index < -0.39 is 0 Å². The van der Waals surface area contributed by atoms with Crippen LogP contribution in [0.1, 0.15) is 30.9 Å². The second-order valence-corrected chi connectivity index (χ2v) is 7.54. The minimum Gasteiger partial charge on any atom is -0.489 e. The van der Waals surface area contributed by atoms with E-state index in [4.69, 9.17) is 15.2 Å². The van der Waals surface area contributed by atoms with Gasteiger partial charge in [0.1, 0.15) is 12.4 Å². The van der Waals surface area contributed by atoms with Crippen LogP contribution < -0.4 is 15.8 Å². The van der Waals surface area contributed by atoms with Crippen molar-refractivity contribution < 1.29 is 14.3 Å². The summed E-state index contributed by atoms with van der Waals surface area (Å²) in [7, 11) is 0. The average molecular weight is 425 g/mol. The van der Waals surface area contributed by atoms with Crippen LogP contribution in [0.2, 0.25) is 0 Å². The molecule has 31 heavy (non-hydrogen) atoms. The molecule has 0 atom stereocenters. The Labute approximate surface area is 184 Å². The average Bonchev–Trinajstić information content (AvgIpc) is 2.80. The molecular weight excluding hydrogens is 392 g/mol. The smallest absolute Gasteiger partial charge is 0.409 e. The van der Waals surface area contributed by atoms with Crippen molar-refractivity contribution >= 4 is 12.1 Å². The number of rotatable bonds is 8. The van der Waals surface area contributed by atoms with Crippen LogP contribution in [0, 0.1) is 0 Å². The van der Waals surface area contributed by atoms with Crippen molar-refractivity contribution in [2.75, 3.05) is 26.2 Å². The number of carbonyl (C=O) groups is 1. The van der Waals surface area contributed by atoms with Gasteiger partial charge in [0.15, 0.2) is 5.96 Å². The zero-order valence-electron chi connectivity index (χ0n) is 18.1. The van der Waals surface area contributed by atoms with E-state index in [9.17, 15) is 4.79 Å². The molecule has 0 radical (unpaired) electrons. The van der Waals surface area contributed by atoms with Crippen molar-refractivity contribution in [1.82, 2.24) is 10.2 Å². The number of amides is 1. The summed E-state index contributed by atoms with van der Waals surface area (Å²) in [5.74, 6) is 1.31. The Morgan fingerprint density at radius 2 is 1.81 bits per heavy atom. The predicted octanol–water partition coefficient (Wildman–Crippen LogP) is 3.33. The quantitative estimate of drug-likeness (QED) is 0.501. The standard InChI is InChI=1S/C24H32N4O3/c1-2-30-24(29)28-16-13-21(14-17-28)27-23(25)26-15-12-19-8-10-22(11-9-19)31-18-20-6-4-3-5-7-20/h3-11,21H,2,12-18H2,1H3,(H3,25,26,27). The lowest BCUT2D eigenvalue weighted by molar-refractivity contribution is 0.0963. The van der Waals surface area contributed by atoms with E-state index in [0.717, 1.165) is 30.6 Å². The van der Waals surface area contributed by atoms with Crippen LogP contribution in [0.4, 0.5) is 4.79 Å². The summed E-state index contributed by atoms with van der Waals surface area (Å²) in [4.78, 5) is 17.9. The van der Waals surface area contributed by atoms with Crippen LogP contribution in [-0.4, -0.2) is 49.2 Å². The van der Waals surface area contributed by atoms with Gasteiger partial charge < -0.3 is 25.4 Å². The number of nitrogens with zero attached hydrogens (tertiary/aromatic N) is 2. The van der Waals surface area contributed by atoms with Crippen LogP contribution in [0.5, 0.6) is 5.75 Å². The number of nitrogens with two attached hydrogens (primary N) is 1. The Morgan fingerprint density at radius 3 is 2.48 bits per heavy atom. The fourth-order valence-electron chi connectivity index (χ4n) is 3.47. The second-order valence-electron chi connectivity index (χ2n) is 7.54. The van der Waals surface area contributed by atoms with E-state index in [-0.39, 0.29) is 12.1 Å². The fraction of sp³-hybridized carbons (Fsp3) is 0.417. The SMILES string of the molecule is CCOC(=O)N1CCC(NC(N)=NCCc2ccc(OCc3ccccc3)cc2)CC1. The number of guanidine groups is 1. The van der Waals surface area contributed by atoms with Gasteiger partial charge in [-0.2, -0.15) is 0 Å². The van der Waals surface area contributed by atoms with Gasteiger partial charge in [0, 0.05) is 25.7 Å². The summed E-state index contributed by atoms with van der Waals surface area (Å²) in [5.41, 5.74) is 8.38. The Balaban J connectivity index is 1.35. The number of hydrogen-bond acceptors (Lipinski definition) is 4. The molecule has 7 heteroatoms. The predicted molar refractivity (Wildman–Crippen MR) is 122 cm³/mol. The highest BCUT2D eigenvalue weighted by Crippen LogP contribution is 2.15. The maximum absolute atomic E-state index is 11.8. The molecule has 0 unspecified atom stereocenters. The van der Waals surface area contributed by atoms with Gasteiger partial charge in [-0.3, -0.25) is 4.99 Å². The summed E-state index contributed by atoms with van der Waals surface area (Å²) < 4.78 is 10.9. The number of piperidine rings is 1. The normalized spacial score (nSPS) is 14.9.